The normalized spacial score (nSPS) is 18.4. The quantitative estimate of drug-likeness (QED) is 0.607. The van der Waals surface area contributed by atoms with Crippen molar-refractivity contribution in [3.05, 3.63) is 0 Å². The van der Waals surface area contributed by atoms with Crippen molar-refractivity contribution >= 4 is 23.6 Å². The summed E-state index contributed by atoms with van der Waals surface area (Å²) >= 11 is 1.08. The molecule has 0 bridgehead atoms. The van der Waals surface area contributed by atoms with Gasteiger partial charge in [-0.25, -0.2) is 0 Å². The molecular weight excluding hydrogens is 254 g/mol. The van der Waals surface area contributed by atoms with E-state index in [9.17, 15) is 14.7 Å². The number of carbonyl (C=O) groups excluding carboxylic acids is 1. The van der Waals surface area contributed by atoms with Gasteiger partial charge in [-0.2, -0.15) is 0 Å². The maximum absolute atomic E-state index is 11.5. The maximum Gasteiger partial charge on any atom is 0.313 e. The first kappa shape index (κ1) is 15.3. The van der Waals surface area contributed by atoms with Crippen molar-refractivity contribution in [2.75, 3.05) is 18.1 Å². The highest BCUT2D eigenvalue weighted by molar-refractivity contribution is 8.00. The Balaban J connectivity index is 2.24. The average Bonchev–Trinajstić information content (AvgIpc) is 3.06. The van der Waals surface area contributed by atoms with Crippen LogP contribution >= 0.6 is 11.8 Å². The van der Waals surface area contributed by atoms with E-state index in [0.29, 0.717) is 6.54 Å². The second-order valence-corrected chi connectivity index (χ2v) is 6.20. The fraction of sp³-hybridized carbons (Fsp3) is 0.833. The summed E-state index contributed by atoms with van der Waals surface area (Å²) < 4.78 is 0. The van der Waals surface area contributed by atoms with Gasteiger partial charge in [0, 0.05) is 12.0 Å². The number of carbonyl (C=O) groups is 2. The van der Waals surface area contributed by atoms with E-state index in [1.807, 2.05) is 13.8 Å². The molecule has 1 amide bonds. The van der Waals surface area contributed by atoms with E-state index in [1.165, 1.54) is 0 Å². The van der Waals surface area contributed by atoms with Gasteiger partial charge in [-0.3, -0.25) is 9.59 Å². The molecule has 18 heavy (non-hydrogen) atoms. The molecule has 0 aromatic heterocycles. The third-order valence-electron chi connectivity index (χ3n) is 3.25. The highest BCUT2D eigenvalue weighted by atomic mass is 32.2. The largest absolute Gasteiger partial charge is 0.481 e. The number of thioether (sulfide) groups is 1. The Kier molecular flexibility index (Phi) is 5.47. The molecule has 3 N–H and O–H groups in total. The predicted octanol–water partition coefficient (Wildman–Crippen LogP) is 0.717. The van der Waals surface area contributed by atoms with Crippen molar-refractivity contribution in [2.45, 2.75) is 32.8 Å². The predicted molar refractivity (Wildman–Crippen MR) is 70.5 cm³/mol. The molecule has 1 aliphatic rings. The van der Waals surface area contributed by atoms with E-state index in [0.717, 1.165) is 24.6 Å². The molecular formula is C12H21NO4S. The SMILES string of the molecule is CC(C)C(O)C1(CNC(=O)CSCC(=O)O)CC1. The lowest BCUT2D eigenvalue weighted by Gasteiger charge is -2.25. The molecule has 6 heteroatoms. The number of amides is 1. The van der Waals surface area contributed by atoms with Gasteiger partial charge in [-0.1, -0.05) is 13.8 Å². The van der Waals surface area contributed by atoms with Gasteiger partial charge < -0.3 is 15.5 Å². The van der Waals surface area contributed by atoms with Gasteiger partial charge in [0.25, 0.3) is 0 Å². The summed E-state index contributed by atoms with van der Waals surface area (Å²) in [6.07, 6.45) is 1.49. The fourth-order valence-corrected chi connectivity index (χ4v) is 2.57. The Morgan fingerprint density at radius 2 is 1.94 bits per heavy atom. The zero-order valence-electron chi connectivity index (χ0n) is 10.8. The van der Waals surface area contributed by atoms with E-state index in [1.54, 1.807) is 0 Å². The van der Waals surface area contributed by atoms with Crippen LogP contribution in [0.4, 0.5) is 0 Å². The Hall–Kier alpha value is -0.750. The summed E-state index contributed by atoms with van der Waals surface area (Å²) in [5, 5.41) is 21.3. The van der Waals surface area contributed by atoms with Crippen LogP contribution in [0.15, 0.2) is 0 Å². The van der Waals surface area contributed by atoms with Crippen molar-refractivity contribution in [2.24, 2.45) is 11.3 Å². The first-order chi connectivity index (χ1) is 8.37. The number of hydrogen-bond acceptors (Lipinski definition) is 4. The van der Waals surface area contributed by atoms with Crippen molar-refractivity contribution in [3.63, 3.8) is 0 Å². The minimum atomic E-state index is -0.915. The van der Waals surface area contributed by atoms with E-state index < -0.39 is 5.97 Å². The second kappa shape index (κ2) is 6.43. The van der Waals surface area contributed by atoms with Gasteiger partial charge in [0.05, 0.1) is 17.6 Å². The lowest BCUT2D eigenvalue weighted by atomic mass is 9.90. The zero-order valence-corrected chi connectivity index (χ0v) is 11.6. The Morgan fingerprint density at radius 3 is 2.39 bits per heavy atom. The molecule has 104 valence electrons. The van der Waals surface area contributed by atoms with Crippen molar-refractivity contribution in [1.29, 1.82) is 0 Å². The van der Waals surface area contributed by atoms with Crippen molar-refractivity contribution in [1.82, 2.24) is 5.32 Å². The van der Waals surface area contributed by atoms with E-state index in [-0.39, 0.29) is 34.8 Å². The highest BCUT2D eigenvalue weighted by Gasteiger charge is 2.49. The maximum atomic E-state index is 11.5. The molecule has 1 rings (SSSR count). The number of hydrogen-bond donors (Lipinski definition) is 3. The molecule has 0 aromatic carbocycles. The third kappa shape index (κ3) is 4.49. The number of carboxylic acid groups (broad SMARTS) is 1. The second-order valence-electron chi connectivity index (χ2n) is 5.21. The van der Waals surface area contributed by atoms with Crippen LogP contribution in [0.25, 0.3) is 0 Å². The summed E-state index contributed by atoms with van der Waals surface area (Å²) in [6.45, 7) is 4.42. The lowest BCUT2D eigenvalue weighted by Crippen LogP contribution is -2.39. The van der Waals surface area contributed by atoms with Crippen LogP contribution in [0.1, 0.15) is 26.7 Å². The molecule has 1 saturated carbocycles. The van der Waals surface area contributed by atoms with Gasteiger partial charge in [-0.15, -0.1) is 11.8 Å². The molecule has 0 radical (unpaired) electrons. The van der Waals surface area contributed by atoms with Gasteiger partial charge in [0.15, 0.2) is 0 Å². The van der Waals surface area contributed by atoms with Gasteiger partial charge in [-0.05, 0) is 18.8 Å². The number of aliphatic hydroxyl groups excluding tert-OH is 1. The molecule has 0 aliphatic heterocycles. The Bertz CT molecular complexity index is 315. The summed E-state index contributed by atoms with van der Waals surface area (Å²) in [5.41, 5.74) is -0.151. The van der Waals surface area contributed by atoms with Crippen molar-refractivity contribution < 1.29 is 19.8 Å². The van der Waals surface area contributed by atoms with Crippen LogP contribution in [0, 0.1) is 11.3 Å². The van der Waals surface area contributed by atoms with Gasteiger partial charge in [0.2, 0.25) is 5.91 Å². The first-order valence-electron chi connectivity index (χ1n) is 6.12. The minimum Gasteiger partial charge on any atom is -0.481 e. The smallest absolute Gasteiger partial charge is 0.313 e. The number of carboxylic acids is 1. The molecule has 1 aliphatic carbocycles. The number of nitrogens with one attached hydrogen (secondary N) is 1. The minimum absolute atomic E-state index is 0.0623. The Labute approximate surface area is 111 Å². The van der Waals surface area contributed by atoms with Crippen LogP contribution in [-0.4, -0.2) is 46.2 Å². The highest BCUT2D eigenvalue weighted by Crippen LogP contribution is 2.50. The number of aliphatic carboxylic acids is 1. The van der Waals surface area contributed by atoms with Gasteiger partial charge in [0.1, 0.15) is 0 Å². The Morgan fingerprint density at radius 1 is 1.33 bits per heavy atom. The van der Waals surface area contributed by atoms with E-state index in [4.69, 9.17) is 5.11 Å². The van der Waals surface area contributed by atoms with E-state index in [2.05, 4.69) is 5.32 Å². The van der Waals surface area contributed by atoms with Crippen molar-refractivity contribution in [3.8, 4) is 0 Å². The summed E-state index contributed by atoms with van der Waals surface area (Å²) in [7, 11) is 0. The van der Waals surface area contributed by atoms with Crippen LogP contribution in [-0.2, 0) is 9.59 Å². The standard InChI is InChI=1S/C12H21NO4S/c1-8(2)11(17)12(3-4-12)7-13-9(14)5-18-6-10(15)16/h8,11,17H,3-7H2,1-2H3,(H,13,14)(H,15,16). The average molecular weight is 275 g/mol. The molecule has 0 saturated heterocycles. The third-order valence-corrected chi connectivity index (χ3v) is 4.16. The van der Waals surface area contributed by atoms with Crippen LogP contribution in [0.2, 0.25) is 0 Å². The zero-order chi connectivity index (χ0) is 13.8. The molecule has 0 aromatic rings. The first-order valence-corrected chi connectivity index (χ1v) is 7.27. The molecule has 1 unspecified atom stereocenters. The van der Waals surface area contributed by atoms with Crippen LogP contribution < -0.4 is 5.32 Å². The van der Waals surface area contributed by atoms with Crippen LogP contribution in [0.3, 0.4) is 0 Å². The summed E-state index contributed by atoms with van der Waals surface area (Å²) in [4.78, 5) is 21.8. The molecule has 1 fully saturated rings. The summed E-state index contributed by atoms with van der Waals surface area (Å²) in [5.74, 6) is -0.802. The van der Waals surface area contributed by atoms with E-state index >= 15 is 0 Å². The van der Waals surface area contributed by atoms with Gasteiger partial charge >= 0.3 is 5.97 Å². The lowest BCUT2D eigenvalue weighted by molar-refractivity contribution is -0.133. The number of aliphatic hydroxyl groups is 1. The molecule has 5 nitrogen and oxygen atoms in total. The molecule has 0 heterocycles. The molecule has 1 atom stereocenters. The van der Waals surface area contributed by atoms with Crippen LogP contribution in [0.5, 0.6) is 0 Å². The fourth-order valence-electron chi connectivity index (χ4n) is 2.00. The number of rotatable bonds is 8. The summed E-state index contributed by atoms with van der Waals surface area (Å²) in [6, 6.07) is 0. The molecule has 0 spiro atoms. The topological polar surface area (TPSA) is 86.6 Å². The monoisotopic (exact) mass is 275 g/mol.